The van der Waals surface area contributed by atoms with E-state index in [4.69, 9.17) is 21.3 Å². The van der Waals surface area contributed by atoms with Crippen molar-refractivity contribution in [2.24, 2.45) is 4.99 Å². The number of phenolic OH excluding ortho intramolecular Hbond substituents is 1. The fourth-order valence-corrected chi connectivity index (χ4v) is 3.59. The molecule has 0 spiro atoms. The minimum Gasteiger partial charge on any atom is -0.508 e. The van der Waals surface area contributed by atoms with Gasteiger partial charge in [-0.25, -0.2) is 0 Å². The average molecular weight is 393 g/mol. The number of phenols is 1. The molecular formula is C23H21ClN2O2. The second kappa shape index (κ2) is 8.05. The molecule has 1 heterocycles. The molecular weight excluding hydrogens is 372 g/mol. The third-order valence-corrected chi connectivity index (χ3v) is 5.21. The summed E-state index contributed by atoms with van der Waals surface area (Å²) in [6, 6.07) is 23.0. The molecule has 1 aliphatic heterocycles. The van der Waals surface area contributed by atoms with Crippen LogP contribution in [-0.4, -0.2) is 17.9 Å². The van der Waals surface area contributed by atoms with Crippen molar-refractivity contribution in [2.75, 3.05) is 7.11 Å². The number of para-hydroxylation sites is 1. The molecule has 28 heavy (non-hydrogen) atoms. The lowest BCUT2D eigenvalue weighted by Crippen LogP contribution is -2.33. The molecule has 0 unspecified atom stereocenters. The minimum atomic E-state index is -0.227. The number of benzene rings is 3. The van der Waals surface area contributed by atoms with Gasteiger partial charge in [0.15, 0.2) is 0 Å². The van der Waals surface area contributed by atoms with Gasteiger partial charge >= 0.3 is 0 Å². The van der Waals surface area contributed by atoms with Crippen LogP contribution in [0.5, 0.6) is 11.5 Å². The van der Waals surface area contributed by atoms with Crippen LogP contribution in [0.1, 0.15) is 35.3 Å². The topological polar surface area (TPSA) is 53.9 Å². The van der Waals surface area contributed by atoms with Crippen LogP contribution in [0.3, 0.4) is 0 Å². The van der Waals surface area contributed by atoms with Gasteiger partial charge in [0.2, 0.25) is 0 Å². The molecule has 5 heteroatoms. The molecule has 4 nitrogen and oxygen atoms in total. The maximum absolute atomic E-state index is 10.4. The van der Waals surface area contributed by atoms with Crippen LogP contribution in [-0.2, 0) is 0 Å². The number of methoxy groups -OCH3 is 1. The molecule has 2 N–H and O–H groups in total. The Bertz CT molecular complexity index is 984. The number of nitrogens with one attached hydrogen (secondary N) is 1. The van der Waals surface area contributed by atoms with Gasteiger partial charge in [0.05, 0.1) is 7.11 Å². The van der Waals surface area contributed by atoms with Crippen molar-refractivity contribution in [1.82, 2.24) is 5.32 Å². The monoisotopic (exact) mass is 392 g/mol. The fraction of sp³-hybridized carbons (Fsp3) is 0.174. The van der Waals surface area contributed by atoms with E-state index >= 15 is 0 Å². The summed E-state index contributed by atoms with van der Waals surface area (Å²) in [5.74, 6) is 1.09. The van der Waals surface area contributed by atoms with E-state index < -0.39 is 0 Å². The lowest BCUT2D eigenvalue weighted by Gasteiger charge is -2.31. The van der Waals surface area contributed by atoms with Crippen molar-refractivity contribution in [3.05, 3.63) is 94.5 Å². The van der Waals surface area contributed by atoms with Gasteiger partial charge in [0.1, 0.15) is 17.7 Å². The van der Waals surface area contributed by atoms with E-state index in [1.54, 1.807) is 13.2 Å². The zero-order valence-corrected chi connectivity index (χ0v) is 16.2. The van der Waals surface area contributed by atoms with Crippen molar-refractivity contribution in [3.8, 4) is 11.5 Å². The highest BCUT2D eigenvalue weighted by Crippen LogP contribution is 2.34. The van der Waals surface area contributed by atoms with Crippen LogP contribution in [0.4, 0.5) is 0 Å². The molecule has 0 aliphatic carbocycles. The molecule has 0 fully saturated rings. The molecule has 142 valence electrons. The van der Waals surface area contributed by atoms with Crippen molar-refractivity contribution < 1.29 is 9.84 Å². The first-order valence-electron chi connectivity index (χ1n) is 9.14. The number of halogens is 1. The SMILES string of the molecule is COc1ccc([C@@H]2N=C(c3ccc(Cl)cc3)C[C@H](c3ccccc3O)N2)cc1. The number of hydrogen-bond acceptors (Lipinski definition) is 4. The van der Waals surface area contributed by atoms with Crippen LogP contribution in [0.2, 0.25) is 5.02 Å². The van der Waals surface area contributed by atoms with E-state index in [0.29, 0.717) is 11.4 Å². The van der Waals surface area contributed by atoms with Gasteiger partial charge in [0.25, 0.3) is 0 Å². The Balaban J connectivity index is 1.73. The molecule has 0 bridgehead atoms. The first-order chi connectivity index (χ1) is 13.6. The summed E-state index contributed by atoms with van der Waals surface area (Å²) < 4.78 is 5.26. The van der Waals surface area contributed by atoms with E-state index in [0.717, 1.165) is 28.2 Å². The Morgan fingerprint density at radius 3 is 2.39 bits per heavy atom. The second-order valence-electron chi connectivity index (χ2n) is 6.74. The summed E-state index contributed by atoms with van der Waals surface area (Å²) >= 11 is 6.05. The van der Waals surface area contributed by atoms with Crippen molar-refractivity contribution in [3.63, 3.8) is 0 Å². The zero-order chi connectivity index (χ0) is 19.5. The Morgan fingerprint density at radius 2 is 1.71 bits per heavy atom. The van der Waals surface area contributed by atoms with Crippen LogP contribution >= 0.6 is 11.6 Å². The molecule has 2 atom stereocenters. The van der Waals surface area contributed by atoms with E-state index in [-0.39, 0.29) is 18.0 Å². The van der Waals surface area contributed by atoms with Crippen LogP contribution in [0.15, 0.2) is 77.8 Å². The smallest absolute Gasteiger partial charge is 0.126 e. The predicted octanol–water partition coefficient (Wildman–Crippen LogP) is 5.28. The summed E-state index contributed by atoms with van der Waals surface area (Å²) in [5.41, 5.74) is 3.91. The molecule has 3 aromatic carbocycles. The Labute approximate surface area is 169 Å². The average Bonchev–Trinajstić information content (AvgIpc) is 2.74. The van der Waals surface area contributed by atoms with Gasteiger partial charge < -0.3 is 9.84 Å². The van der Waals surface area contributed by atoms with Crippen LogP contribution in [0.25, 0.3) is 0 Å². The standard InChI is InChI=1S/C23H21ClN2O2/c1-28-18-12-8-16(9-13-18)23-25-20(15-6-10-17(24)11-7-15)14-21(26-23)19-4-2-3-5-22(19)27/h2-13,21,23,26-27H,14H2,1H3/t21-,23-/m1/s1. The van der Waals surface area contributed by atoms with E-state index in [2.05, 4.69) is 5.32 Å². The second-order valence-corrected chi connectivity index (χ2v) is 7.18. The summed E-state index contributed by atoms with van der Waals surface area (Å²) in [6.07, 6.45) is 0.446. The predicted molar refractivity (Wildman–Crippen MR) is 112 cm³/mol. The lowest BCUT2D eigenvalue weighted by molar-refractivity contribution is 0.408. The number of nitrogens with zero attached hydrogens (tertiary/aromatic N) is 1. The van der Waals surface area contributed by atoms with E-state index in [1.165, 1.54) is 0 Å². The largest absolute Gasteiger partial charge is 0.508 e. The summed E-state index contributed by atoms with van der Waals surface area (Å²) in [6.45, 7) is 0. The van der Waals surface area contributed by atoms with E-state index in [1.807, 2.05) is 66.7 Å². The molecule has 0 aromatic heterocycles. The molecule has 4 rings (SSSR count). The summed E-state index contributed by atoms with van der Waals surface area (Å²) in [7, 11) is 1.65. The number of aliphatic imine (C=N–C) groups is 1. The highest BCUT2D eigenvalue weighted by Gasteiger charge is 2.27. The molecule has 3 aromatic rings. The van der Waals surface area contributed by atoms with Gasteiger partial charge in [-0.3, -0.25) is 10.3 Å². The Morgan fingerprint density at radius 1 is 1.00 bits per heavy atom. The third kappa shape index (κ3) is 3.88. The summed E-state index contributed by atoms with van der Waals surface area (Å²) in [5, 5.41) is 14.6. The van der Waals surface area contributed by atoms with E-state index in [9.17, 15) is 5.11 Å². The normalized spacial score (nSPS) is 19.1. The fourth-order valence-electron chi connectivity index (χ4n) is 3.46. The van der Waals surface area contributed by atoms with Crippen molar-refractivity contribution in [1.29, 1.82) is 0 Å². The van der Waals surface area contributed by atoms with Gasteiger partial charge in [-0.15, -0.1) is 0 Å². The van der Waals surface area contributed by atoms with Crippen molar-refractivity contribution in [2.45, 2.75) is 18.6 Å². The molecule has 0 saturated carbocycles. The Hall–Kier alpha value is -2.82. The minimum absolute atomic E-state index is 0.0588. The molecule has 0 saturated heterocycles. The van der Waals surface area contributed by atoms with Crippen LogP contribution < -0.4 is 10.1 Å². The first-order valence-corrected chi connectivity index (χ1v) is 9.52. The molecule has 0 radical (unpaired) electrons. The lowest BCUT2D eigenvalue weighted by atomic mass is 9.93. The molecule has 0 amide bonds. The van der Waals surface area contributed by atoms with Crippen LogP contribution in [0, 0.1) is 0 Å². The van der Waals surface area contributed by atoms with Gasteiger partial charge in [0, 0.05) is 28.8 Å². The van der Waals surface area contributed by atoms with Gasteiger partial charge in [-0.1, -0.05) is 54.1 Å². The highest BCUT2D eigenvalue weighted by molar-refractivity contribution is 6.30. The van der Waals surface area contributed by atoms with Gasteiger partial charge in [-0.05, 0) is 41.5 Å². The maximum Gasteiger partial charge on any atom is 0.126 e. The number of rotatable bonds is 4. The zero-order valence-electron chi connectivity index (χ0n) is 15.5. The molecule has 1 aliphatic rings. The number of hydrogen-bond donors (Lipinski definition) is 2. The number of aromatic hydroxyl groups is 1. The quantitative estimate of drug-likeness (QED) is 0.635. The third-order valence-electron chi connectivity index (χ3n) is 4.96. The summed E-state index contributed by atoms with van der Waals surface area (Å²) in [4.78, 5) is 4.95. The number of ether oxygens (including phenoxy) is 1. The highest BCUT2D eigenvalue weighted by atomic mass is 35.5. The van der Waals surface area contributed by atoms with Gasteiger partial charge in [-0.2, -0.15) is 0 Å². The Kier molecular flexibility index (Phi) is 5.33. The van der Waals surface area contributed by atoms with Crippen molar-refractivity contribution >= 4 is 17.3 Å². The maximum atomic E-state index is 10.4. The first kappa shape index (κ1) is 18.5.